The summed E-state index contributed by atoms with van der Waals surface area (Å²) in [5.74, 6) is 1.38. The number of rotatable bonds is 4. The van der Waals surface area contributed by atoms with E-state index in [0.717, 1.165) is 45.6 Å². The van der Waals surface area contributed by atoms with E-state index in [1.54, 1.807) is 4.90 Å². The Bertz CT molecular complexity index is 587. The topological polar surface area (TPSA) is 24.8 Å². The number of likely N-dealkylation sites (tertiary alicyclic amines) is 2. The number of hydrogen-bond donors (Lipinski definition) is 1. The molecule has 1 atom stereocenters. The molecule has 0 aliphatic carbocycles. The summed E-state index contributed by atoms with van der Waals surface area (Å²) in [6.45, 7) is 9.80. The summed E-state index contributed by atoms with van der Waals surface area (Å²) < 4.78 is 0. The van der Waals surface area contributed by atoms with E-state index in [-0.39, 0.29) is 5.92 Å². The van der Waals surface area contributed by atoms with Gasteiger partial charge in [-0.3, -0.25) is 4.79 Å². The quantitative estimate of drug-likeness (QED) is 0.895. The Morgan fingerprint density at radius 2 is 1.92 bits per heavy atom. The van der Waals surface area contributed by atoms with Gasteiger partial charge in [0.05, 0.1) is 19.6 Å². The molecule has 0 unspecified atom stereocenters. The number of amides is 1. The molecule has 2 aliphatic rings. The maximum absolute atomic E-state index is 12.8. The first-order valence-corrected chi connectivity index (χ1v) is 9.96. The standard InChI is InChI=1S/C22H32N2O/c1-18-7-6-12-24(17-18)22(25)21-10-13-23(14-11-21)16-19(2)15-20-8-4-3-5-9-20/h3-5,8-9,15,18,21H,6-7,10-14,16-17H2,1-2H3/p+1/b19-15+/t18-/m0/s1. The zero-order valence-electron chi connectivity index (χ0n) is 15.8. The van der Waals surface area contributed by atoms with Gasteiger partial charge in [-0.15, -0.1) is 0 Å². The lowest BCUT2D eigenvalue weighted by molar-refractivity contribution is -0.901. The van der Waals surface area contributed by atoms with Gasteiger partial charge in [-0.2, -0.15) is 0 Å². The van der Waals surface area contributed by atoms with Crippen molar-refractivity contribution in [1.82, 2.24) is 4.90 Å². The predicted molar refractivity (Wildman–Crippen MR) is 103 cm³/mol. The van der Waals surface area contributed by atoms with Crippen LogP contribution in [0.2, 0.25) is 0 Å². The maximum Gasteiger partial charge on any atom is 0.226 e. The maximum atomic E-state index is 12.8. The van der Waals surface area contributed by atoms with Crippen LogP contribution in [0.25, 0.3) is 6.08 Å². The lowest BCUT2D eigenvalue weighted by atomic mass is 9.92. The van der Waals surface area contributed by atoms with E-state index in [2.05, 4.69) is 55.2 Å². The molecule has 0 saturated carbocycles. The zero-order chi connectivity index (χ0) is 17.6. The van der Waals surface area contributed by atoms with Crippen molar-refractivity contribution in [3.05, 3.63) is 41.5 Å². The number of carbonyl (C=O) groups excluding carboxylic acids is 1. The van der Waals surface area contributed by atoms with Crippen LogP contribution < -0.4 is 4.90 Å². The molecule has 0 spiro atoms. The van der Waals surface area contributed by atoms with Gasteiger partial charge in [-0.25, -0.2) is 0 Å². The molecule has 1 amide bonds. The van der Waals surface area contributed by atoms with Gasteiger partial charge in [-0.1, -0.05) is 43.3 Å². The Hall–Kier alpha value is -1.61. The van der Waals surface area contributed by atoms with Crippen molar-refractivity contribution < 1.29 is 9.69 Å². The highest BCUT2D eigenvalue weighted by molar-refractivity contribution is 5.79. The van der Waals surface area contributed by atoms with E-state index < -0.39 is 0 Å². The summed E-state index contributed by atoms with van der Waals surface area (Å²) in [6, 6.07) is 10.5. The van der Waals surface area contributed by atoms with Gasteiger partial charge in [0.25, 0.3) is 0 Å². The van der Waals surface area contributed by atoms with E-state index in [1.165, 1.54) is 24.0 Å². The lowest BCUT2D eigenvalue weighted by Crippen LogP contribution is -3.13. The van der Waals surface area contributed by atoms with Gasteiger partial charge in [-0.05, 0) is 36.8 Å². The number of piperidine rings is 2. The fourth-order valence-corrected chi connectivity index (χ4v) is 4.38. The minimum Gasteiger partial charge on any atom is -0.342 e. The van der Waals surface area contributed by atoms with Crippen LogP contribution in [0.1, 0.15) is 45.1 Å². The number of benzene rings is 1. The Morgan fingerprint density at radius 3 is 2.60 bits per heavy atom. The summed E-state index contributed by atoms with van der Waals surface area (Å²) in [5.41, 5.74) is 2.71. The molecule has 2 fully saturated rings. The summed E-state index contributed by atoms with van der Waals surface area (Å²) in [5, 5.41) is 0. The molecule has 0 aromatic heterocycles. The number of quaternary nitrogens is 1. The fourth-order valence-electron chi connectivity index (χ4n) is 4.38. The number of nitrogens with zero attached hydrogens (tertiary/aromatic N) is 1. The lowest BCUT2D eigenvalue weighted by Gasteiger charge is -2.36. The first kappa shape index (κ1) is 18.2. The molecule has 136 valence electrons. The Kier molecular flexibility index (Phi) is 6.30. The summed E-state index contributed by atoms with van der Waals surface area (Å²) in [7, 11) is 0. The molecule has 1 aromatic carbocycles. The van der Waals surface area contributed by atoms with Gasteiger partial charge in [0.2, 0.25) is 5.91 Å². The van der Waals surface area contributed by atoms with Gasteiger partial charge >= 0.3 is 0 Å². The molecule has 1 N–H and O–H groups in total. The van der Waals surface area contributed by atoms with E-state index in [4.69, 9.17) is 0 Å². The molecule has 0 bridgehead atoms. The molecule has 2 heterocycles. The Labute approximate surface area is 152 Å². The molecule has 3 rings (SSSR count). The van der Waals surface area contributed by atoms with Crippen LogP contribution in [-0.2, 0) is 4.79 Å². The number of nitrogens with one attached hydrogen (secondary N) is 1. The SMILES string of the molecule is C/C(=C\c1ccccc1)C[NH+]1CCC(C(=O)N2CCC[C@H](C)C2)CC1. The van der Waals surface area contributed by atoms with Crippen LogP contribution >= 0.6 is 0 Å². The molecule has 1 aromatic rings. The second-order valence-electron chi connectivity index (χ2n) is 8.13. The number of carbonyl (C=O) groups is 1. The third kappa shape index (κ3) is 5.18. The van der Waals surface area contributed by atoms with E-state index in [9.17, 15) is 4.79 Å². The minimum atomic E-state index is 0.271. The van der Waals surface area contributed by atoms with E-state index in [0.29, 0.717) is 11.8 Å². The van der Waals surface area contributed by atoms with Crippen LogP contribution in [0.5, 0.6) is 0 Å². The third-order valence-corrected chi connectivity index (χ3v) is 5.75. The molecule has 25 heavy (non-hydrogen) atoms. The van der Waals surface area contributed by atoms with Crippen LogP contribution in [0.4, 0.5) is 0 Å². The zero-order valence-corrected chi connectivity index (χ0v) is 15.8. The summed E-state index contributed by atoms with van der Waals surface area (Å²) in [4.78, 5) is 16.5. The Morgan fingerprint density at radius 1 is 1.20 bits per heavy atom. The second kappa shape index (κ2) is 8.66. The average Bonchev–Trinajstić information content (AvgIpc) is 2.62. The Balaban J connectivity index is 1.47. The van der Waals surface area contributed by atoms with Crippen molar-refractivity contribution in [2.75, 3.05) is 32.7 Å². The summed E-state index contributed by atoms with van der Waals surface area (Å²) in [6.07, 6.45) is 6.86. The molecule has 0 radical (unpaired) electrons. The molecule has 3 heteroatoms. The summed E-state index contributed by atoms with van der Waals surface area (Å²) >= 11 is 0. The highest BCUT2D eigenvalue weighted by Crippen LogP contribution is 2.20. The third-order valence-electron chi connectivity index (χ3n) is 5.75. The van der Waals surface area contributed by atoms with Crippen LogP contribution in [0.3, 0.4) is 0 Å². The van der Waals surface area contributed by atoms with Gasteiger partial charge < -0.3 is 9.80 Å². The first-order chi connectivity index (χ1) is 12.1. The van der Waals surface area contributed by atoms with Gasteiger partial charge in [0.15, 0.2) is 0 Å². The van der Waals surface area contributed by atoms with Gasteiger partial charge in [0, 0.05) is 31.8 Å². The molecule has 2 saturated heterocycles. The van der Waals surface area contributed by atoms with Crippen molar-refractivity contribution in [3.8, 4) is 0 Å². The van der Waals surface area contributed by atoms with Crippen LogP contribution in [0.15, 0.2) is 35.9 Å². The highest BCUT2D eigenvalue weighted by atomic mass is 16.2. The smallest absolute Gasteiger partial charge is 0.226 e. The fraction of sp³-hybridized carbons (Fsp3) is 0.591. The van der Waals surface area contributed by atoms with E-state index in [1.807, 2.05) is 0 Å². The predicted octanol–water partition coefficient (Wildman–Crippen LogP) is 2.64. The van der Waals surface area contributed by atoms with Crippen molar-refractivity contribution in [2.24, 2.45) is 11.8 Å². The van der Waals surface area contributed by atoms with Crippen molar-refractivity contribution in [3.63, 3.8) is 0 Å². The number of hydrogen-bond acceptors (Lipinski definition) is 1. The first-order valence-electron chi connectivity index (χ1n) is 9.96. The second-order valence-corrected chi connectivity index (χ2v) is 8.13. The molecular formula is C22H33N2O+. The van der Waals surface area contributed by atoms with E-state index >= 15 is 0 Å². The minimum absolute atomic E-state index is 0.271. The van der Waals surface area contributed by atoms with Crippen molar-refractivity contribution in [2.45, 2.75) is 39.5 Å². The highest BCUT2D eigenvalue weighted by Gasteiger charge is 2.32. The van der Waals surface area contributed by atoms with Crippen LogP contribution in [0, 0.1) is 11.8 Å². The van der Waals surface area contributed by atoms with Gasteiger partial charge in [0.1, 0.15) is 0 Å². The molecule has 3 nitrogen and oxygen atoms in total. The average molecular weight is 342 g/mol. The van der Waals surface area contributed by atoms with Crippen molar-refractivity contribution >= 4 is 12.0 Å². The molecular weight excluding hydrogens is 308 g/mol. The van der Waals surface area contributed by atoms with Crippen molar-refractivity contribution in [1.29, 1.82) is 0 Å². The largest absolute Gasteiger partial charge is 0.342 e. The monoisotopic (exact) mass is 341 g/mol. The van der Waals surface area contributed by atoms with Crippen LogP contribution in [-0.4, -0.2) is 43.5 Å². The normalized spacial score (nSPS) is 28.0. The molecule has 2 aliphatic heterocycles.